The van der Waals surface area contributed by atoms with Crippen LogP contribution in [0.2, 0.25) is 0 Å². The fourth-order valence-corrected chi connectivity index (χ4v) is 0. The van der Waals surface area contributed by atoms with Crippen LogP contribution in [0.25, 0.3) is 0 Å². The van der Waals surface area contributed by atoms with Gasteiger partial charge in [0.25, 0.3) is 0 Å². The van der Waals surface area contributed by atoms with E-state index in [0.29, 0.717) is 0 Å². The van der Waals surface area contributed by atoms with Gasteiger partial charge in [0.2, 0.25) is 0 Å². The first kappa shape index (κ1) is 51.3. The minimum atomic E-state index is -5.39. The van der Waals surface area contributed by atoms with Crippen molar-refractivity contribution >= 4 is 31.3 Å². The Bertz CT molecular complexity index is 295. The van der Waals surface area contributed by atoms with E-state index in [1.165, 1.54) is 0 Å². The second-order valence-corrected chi connectivity index (χ2v) is 5.37. The molecule has 128 valence electrons. The van der Waals surface area contributed by atoms with Gasteiger partial charge in [0.1, 0.15) is 0 Å². The van der Waals surface area contributed by atoms with Crippen LogP contribution in [0.4, 0.5) is 0 Å². The van der Waals surface area contributed by atoms with Gasteiger partial charge in [-0.25, -0.2) is 0 Å². The summed E-state index contributed by atoms with van der Waals surface area (Å²) in [5.74, 6) is 0. The molecule has 0 amide bonds. The largest absolute Gasteiger partial charge is 1.00 e. The smallest absolute Gasteiger partial charge is 0.822 e. The fraction of sp³-hybridized carbons (Fsp3) is 0. The van der Waals surface area contributed by atoms with Crippen molar-refractivity contribution in [3.8, 4) is 0 Å². The predicted molar refractivity (Wildman–Crippen MR) is 30.4 cm³/mol. The summed E-state index contributed by atoms with van der Waals surface area (Å²) in [6.07, 6.45) is 0. The Kier molecular flexibility index (Phi) is 50.6. The summed E-state index contributed by atoms with van der Waals surface area (Å²) in [7, 11) is -21.6. The molecule has 0 aromatic rings. The van der Waals surface area contributed by atoms with Gasteiger partial charge in [-0.3, -0.25) is 0 Å². The molecule has 0 fully saturated rings. The van der Waals surface area contributed by atoms with E-state index in [2.05, 4.69) is 0 Å². The number of phosphoric acid groups is 4. The summed E-state index contributed by atoms with van der Waals surface area (Å²) in [5.41, 5.74) is 0. The van der Waals surface area contributed by atoms with Gasteiger partial charge in [0.15, 0.2) is 0 Å². The second-order valence-electron chi connectivity index (χ2n) is 1.79. The maximum Gasteiger partial charge on any atom is 1.00 e. The molecule has 0 rings (SSSR count). The molecule has 0 radical (unpaired) electrons. The Hall–Kier alpha value is 4.44. The molecule has 16 nitrogen and oxygen atoms in total. The molecular formula is Na4O16P4-8. The molecule has 0 N–H and O–H groups in total. The second kappa shape index (κ2) is 23.7. The molecule has 0 aliphatic carbocycles. The van der Waals surface area contributed by atoms with Gasteiger partial charge in [0, 0.05) is 0 Å². The van der Waals surface area contributed by atoms with Crippen LogP contribution in [0.5, 0.6) is 0 Å². The molecule has 0 unspecified atom stereocenters. The van der Waals surface area contributed by atoms with E-state index in [9.17, 15) is 0 Å². The van der Waals surface area contributed by atoms with Crippen LogP contribution in [0.3, 0.4) is 0 Å². The summed E-state index contributed by atoms with van der Waals surface area (Å²) in [6, 6.07) is 0. The van der Waals surface area contributed by atoms with E-state index in [0.717, 1.165) is 0 Å². The first-order valence-electron chi connectivity index (χ1n) is 2.92. The molecule has 0 heterocycles. The first-order valence-corrected chi connectivity index (χ1v) is 8.76. The van der Waals surface area contributed by atoms with Gasteiger partial charge in [-0.2, -0.15) is 31.3 Å². The van der Waals surface area contributed by atoms with E-state index in [4.69, 9.17) is 77.0 Å². The minimum absolute atomic E-state index is 0. The van der Waals surface area contributed by atoms with Crippen molar-refractivity contribution in [2.45, 2.75) is 0 Å². The number of hydrogen-bond donors (Lipinski definition) is 0. The third-order valence-electron chi connectivity index (χ3n) is 0. The van der Waals surface area contributed by atoms with Gasteiger partial charge in [0.05, 0.1) is 0 Å². The van der Waals surface area contributed by atoms with Gasteiger partial charge in [-0.05, 0) is 0 Å². The van der Waals surface area contributed by atoms with Crippen LogP contribution in [0, 0.1) is 0 Å². The average molecular weight is 472 g/mol. The number of hydrogen-bond acceptors (Lipinski definition) is 16. The van der Waals surface area contributed by atoms with Crippen LogP contribution in [0.1, 0.15) is 0 Å². The van der Waals surface area contributed by atoms with Crippen molar-refractivity contribution in [3.63, 3.8) is 0 Å². The van der Waals surface area contributed by atoms with Crippen molar-refractivity contribution in [1.29, 1.82) is 0 Å². The van der Waals surface area contributed by atoms with Gasteiger partial charge >= 0.3 is 118 Å². The van der Waals surface area contributed by atoms with Crippen molar-refractivity contribution in [3.05, 3.63) is 0 Å². The maximum atomic E-state index is 8.55. The van der Waals surface area contributed by atoms with E-state index in [1.54, 1.807) is 0 Å². The zero-order chi connectivity index (χ0) is 18.0. The van der Waals surface area contributed by atoms with Crippen molar-refractivity contribution in [2.75, 3.05) is 0 Å². The van der Waals surface area contributed by atoms with E-state index in [-0.39, 0.29) is 118 Å². The monoisotopic (exact) mass is 472 g/mol. The van der Waals surface area contributed by atoms with Crippen LogP contribution in [-0.2, 0) is 18.3 Å². The SMILES string of the molecule is O=P([O-])([O-])[O-].O=P([O-])([O-])[O-].O=P([O-])([O-])[O-].O=P([O-])([O-])[O-].[Na+].[Na+].[Na+].[Na+]. The molecular weight excluding hydrogens is 472 g/mol. The van der Waals surface area contributed by atoms with Gasteiger partial charge in [-0.15, -0.1) is 0 Å². The molecule has 0 bridgehead atoms. The number of rotatable bonds is 0. The summed E-state index contributed by atoms with van der Waals surface area (Å²) in [6.45, 7) is 0. The Balaban J connectivity index is -0.0000000225. The van der Waals surface area contributed by atoms with Crippen molar-refractivity contribution in [1.82, 2.24) is 0 Å². The van der Waals surface area contributed by atoms with E-state index >= 15 is 0 Å². The summed E-state index contributed by atoms with van der Waals surface area (Å²) in [5, 5.41) is 0. The molecule has 0 aromatic carbocycles. The molecule has 0 atom stereocenters. The standard InChI is InChI=1S/4Na.4H3O4P/c;;;;4*1-5(2,3)4/h;;;;4*(H3,1,2,3,4)/q4*+1;;;;/p-12. The summed E-state index contributed by atoms with van der Waals surface area (Å²) >= 11 is 0. The molecule has 24 heavy (non-hydrogen) atoms. The molecule has 0 saturated heterocycles. The third-order valence-corrected chi connectivity index (χ3v) is 0. The molecule has 0 aliphatic heterocycles. The van der Waals surface area contributed by atoms with Crippen LogP contribution in [-0.4, -0.2) is 0 Å². The quantitative estimate of drug-likeness (QED) is 0.233. The predicted octanol–water partition coefficient (Wildman–Crippen LogP) is -23.3. The van der Waals surface area contributed by atoms with Crippen LogP contribution in [0.15, 0.2) is 0 Å². The van der Waals surface area contributed by atoms with Crippen LogP contribution >= 0.6 is 31.3 Å². The summed E-state index contributed by atoms with van der Waals surface area (Å²) in [4.78, 5) is 103. The molecule has 0 saturated carbocycles. The Morgan fingerprint density at radius 1 is 0.292 bits per heavy atom. The van der Waals surface area contributed by atoms with Crippen LogP contribution < -0.4 is 177 Å². The topological polar surface area (TPSA) is 345 Å². The normalized spacial score (nSPS) is 9.83. The zero-order valence-electron chi connectivity index (χ0n) is 12.3. The van der Waals surface area contributed by atoms with E-state index < -0.39 is 31.3 Å². The maximum absolute atomic E-state index is 8.55. The van der Waals surface area contributed by atoms with E-state index in [1.807, 2.05) is 0 Å². The van der Waals surface area contributed by atoms with Crippen molar-refractivity contribution < 1.29 is 195 Å². The van der Waals surface area contributed by atoms with Gasteiger partial charge in [-0.1, -0.05) is 0 Å². The minimum Gasteiger partial charge on any atom is -0.822 e. The van der Waals surface area contributed by atoms with Gasteiger partial charge < -0.3 is 77.0 Å². The Morgan fingerprint density at radius 2 is 0.292 bits per heavy atom. The molecule has 0 aromatic heterocycles. The molecule has 0 aliphatic rings. The van der Waals surface area contributed by atoms with Crippen molar-refractivity contribution in [2.24, 2.45) is 0 Å². The summed E-state index contributed by atoms with van der Waals surface area (Å²) < 4.78 is 34.2. The molecule has 24 heteroatoms. The Labute approximate surface area is 223 Å². The Morgan fingerprint density at radius 3 is 0.292 bits per heavy atom. The third kappa shape index (κ3) is 868. The molecule has 0 spiro atoms. The fourth-order valence-electron chi connectivity index (χ4n) is 0. The zero-order valence-corrected chi connectivity index (χ0v) is 23.9. The average Bonchev–Trinajstić information content (AvgIpc) is 1.62. The first-order chi connectivity index (χ1) is 8.00.